The van der Waals surface area contributed by atoms with Crippen LogP contribution in [-0.4, -0.2) is 29.3 Å². The minimum atomic E-state index is -0.412. The summed E-state index contributed by atoms with van der Waals surface area (Å²) in [6.07, 6.45) is 1.40. The van der Waals surface area contributed by atoms with E-state index < -0.39 is 5.91 Å². The number of furan rings is 1. The molecule has 1 amide bonds. The molecule has 5 nitrogen and oxygen atoms in total. The largest absolute Gasteiger partial charge is 0.459 e. The summed E-state index contributed by atoms with van der Waals surface area (Å²) in [7, 11) is 0. The molecule has 0 spiro atoms. The van der Waals surface area contributed by atoms with E-state index in [-0.39, 0.29) is 17.5 Å². The second kappa shape index (κ2) is 5.36. The van der Waals surface area contributed by atoms with Crippen LogP contribution in [0.4, 0.5) is 0 Å². The van der Waals surface area contributed by atoms with Crippen molar-refractivity contribution in [1.29, 1.82) is 0 Å². The summed E-state index contributed by atoms with van der Waals surface area (Å²) in [6.45, 7) is 0.258. The van der Waals surface area contributed by atoms with Gasteiger partial charge in [-0.05, 0) is 24.4 Å². The third-order valence-corrected chi connectivity index (χ3v) is 1.62. The highest BCUT2D eigenvalue weighted by Crippen LogP contribution is 1.98. The Morgan fingerprint density at radius 2 is 2.43 bits per heavy atom. The van der Waals surface area contributed by atoms with Crippen LogP contribution in [0.2, 0.25) is 0 Å². The number of carbonyl (C=O) groups excluding carboxylic acids is 1. The van der Waals surface area contributed by atoms with Crippen molar-refractivity contribution in [1.82, 2.24) is 10.6 Å². The molecule has 14 heavy (non-hydrogen) atoms. The van der Waals surface area contributed by atoms with Crippen LogP contribution in [0, 0.1) is 0 Å². The van der Waals surface area contributed by atoms with Crippen molar-refractivity contribution in [3.05, 3.63) is 24.2 Å². The molecule has 0 unspecified atom stereocenters. The van der Waals surface area contributed by atoms with Crippen molar-refractivity contribution in [2.24, 2.45) is 0 Å². The van der Waals surface area contributed by atoms with Gasteiger partial charge in [-0.25, -0.2) is 0 Å². The van der Waals surface area contributed by atoms with Crippen molar-refractivity contribution < 1.29 is 14.3 Å². The Balaban J connectivity index is 2.38. The molecular formula is C8H10N2O3S. The lowest BCUT2D eigenvalue weighted by atomic mass is 10.4. The van der Waals surface area contributed by atoms with Crippen molar-refractivity contribution in [3.63, 3.8) is 0 Å². The van der Waals surface area contributed by atoms with Gasteiger partial charge in [0.1, 0.15) is 0 Å². The van der Waals surface area contributed by atoms with E-state index in [1.807, 2.05) is 0 Å². The number of hydrogen-bond donors (Lipinski definition) is 3. The van der Waals surface area contributed by atoms with Crippen molar-refractivity contribution >= 4 is 23.2 Å². The summed E-state index contributed by atoms with van der Waals surface area (Å²) in [6, 6.07) is 3.14. The molecule has 1 heterocycles. The van der Waals surface area contributed by atoms with Gasteiger partial charge in [0, 0.05) is 6.54 Å². The van der Waals surface area contributed by atoms with Crippen LogP contribution >= 0.6 is 12.2 Å². The van der Waals surface area contributed by atoms with E-state index in [2.05, 4.69) is 10.6 Å². The van der Waals surface area contributed by atoms with Gasteiger partial charge in [-0.3, -0.25) is 10.1 Å². The van der Waals surface area contributed by atoms with Gasteiger partial charge in [-0.15, -0.1) is 0 Å². The molecule has 0 radical (unpaired) electrons. The van der Waals surface area contributed by atoms with Gasteiger partial charge in [0.2, 0.25) is 0 Å². The monoisotopic (exact) mass is 214 g/mol. The maximum Gasteiger partial charge on any atom is 0.293 e. The Kier molecular flexibility index (Phi) is 4.09. The quantitative estimate of drug-likeness (QED) is 0.611. The van der Waals surface area contributed by atoms with Gasteiger partial charge in [0.25, 0.3) is 5.91 Å². The fraction of sp³-hybridized carbons (Fsp3) is 0.250. The van der Waals surface area contributed by atoms with Crippen LogP contribution in [0.25, 0.3) is 0 Å². The number of carbonyl (C=O) groups is 1. The maximum absolute atomic E-state index is 11.3. The Labute approximate surface area is 86.1 Å². The number of amides is 1. The highest BCUT2D eigenvalue weighted by Gasteiger charge is 2.09. The highest BCUT2D eigenvalue weighted by atomic mass is 32.1. The Hall–Kier alpha value is -1.40. The van der Waals surface area contributed by atoms with E-state index in [0.29, 0.717) is 6.54 Å². The zero-order chi connectivity index (χ0) is 10.4. The van der Waals surface area contributed by atoms with Crippen LogP contribution in [0.5, 0.6) is 0 Å². The predicted molar refractivity (Wildman–Crippen MR) is 53.9 cm³/mol. The van der Waals surface area contributed by atoms with Gasteiger partial charge in [-0.2, -0.15) is 0 Å². The molecule has 0 aliphatic rings. The third kappa shape index (κ3) is 3.15. The maximum atomic E-state index is 11.3. The van der Waals surface area contributed by atoms with Gasteiger partial charge in [0.15, 0.2) is 10.9 Å². The van der Waals surface area contributed by atoms with Gasteiger partial charge in [-0.1, -0.05) is 0 Å². The molecule has 1 aromatic heterocycles. The zero-order valence-electron chi connectivity index (χ0n) is 7.32. The Bertz CT molecular complexity index is 310. The van der Waals surface area contributed by atoms with E-state index in [1.54, 1.807) is 6.07 Å². The molecule has 3 N–H and O–H groups in total. The van der Waals surface area contributed by atoms with Gasteiger partial charge >= 0.3 is 0 Å². The van der Waals surface area contributed by atoms with Crippen LogP contribution in [-0.2, 0) is 0 Å². The van der Waals surface area contributed by atoms with E-state index in [9.17, 15) is 4.79 Å². The molecule has 0 aliphatic heterocycles. The van der Waals surface area contributed by atoms with Crippen LogP contribution in [0.1, 0.15) is 10.6 Å². The molecule has 6 heteroatoms. The summed E-state index contributed by atoms with van der Waals surface area (Å²) in [5.41, 5.74) is 0. The summed E-state index contributed by atoms with van der Waals surface area (Å²) < 4.78 is 4.85. The molecule has 0 aliphatic carbocycles. The molecule has 0 atom stereocenters. The molecule has 0 fully saturated rings. The van der Waals surface area contributed by atoms with Crippen LogP contribution in [0.15, 0.2) is 22.8 Å². The fourth-order valence-electron chi connectivity index (χ4n) is 0.786. The first-order chi connectivity index (χ1) is 6.74. The van der Waals surface area contributed by atoms with Gasteiger partial charge < -0.3 is 14.8 Å². The SMILES string of the molecule is O=C(NC(=S)NCCO)c1ccco1. The summed E-state index contributed by atoms with van der Waals surface area (Å²) in [5.74, 6) is -0.219. The fourth-order valence-corrected chi connectivity index (χ4v) is 0.981. The lowest BCUT2D eigenvalue weighted by molar-refractivity contribution is 0.0949. The summed E-state index contributed by atoms with van der Waals surface area (Å²) in [4.78, 5) is 11.3. The van der Waals surface area contributed by atoms with Gasteiger partial charge in [0.05, 0.1) is 12.9 Å². The minimum Gasteiger partial charge on any atom is -0.459 e. The highest BCUT2D eigenvalue weighted by molar-refractivity contribution is 7.80. The molecule has 76 valence electrons. The Morgan fingerprint density at radius 3 is 3.00 bits per heavy atom. The first-order valence-electron chi connectivity index (χ1n) is 3.97. The number of aliphatic hydroxyl groups is 1. The Morgan fingerprint density at radius 1 is 1.64 bits per heavy atom. The molecule has 0 bridgehead atoms. The molecule has 1 rings (SSSR count). The third-order valence-electron chi connectivity index (χ3n) is 1.37. The molecule has 0 aromatic carbocycles. The zero-order valence-corrected chi connectivity index (χ0v) is 8.13. The number of nitrogens with one attached hydrogen (secondary N) is 2. The normalized spacial score (nSPS) is 9.50. The molecular weight excluding hydrogens is 204 g/mol. The van der Waals surface area contributed by atoms with E-state index in [4.69, 9.17) is 21.7 Å². The van der Waals surface area contributed by atoms with E-state index in [0.717, 1.165) is 0 Å². The first-order valence-corrected chi connectivity index (χ1v) is 4.38. The lowest BCUT2D eigenvalue weighted by Gasteiger charge is -2.06. The smallest absolute Gasteiger partial charge is 0.293 e. The number of aliphatic hydroxyl groups excluding tert-OH is 1. The topological polar surface area (TPSA) is 74.5 Å². The van der Waals surface area contributed by atoms with Crippen molar-refractivity contribution in [2.45, 2.75) is 0 Å². The molecule has 0 saturated carbocycles. The molecule has 1 aromatic rings. The second-order valence-electron chi connectivity index (χ2n) is 2.41. The predicted octanol–water partition coefficient (Wildman–Crippen LogP) is -0.124. The first kappa shape index (κ1) is 10.7. The number of thiocarbonyl (C=S) groups is 1. The number of hydrogen-bond acceptors (Lipinski definition) is 4. The second-order valence-corrected chi connectivity index (χ2v) is 2.82. The molecule has 0 saturated heterocycles. The van der Waals surface area contributed by atoms with Crippen molar-refractivity contribution in [2.75, 3.05) is 13.2 Å². The van der Waals surface area contributed by atoms with E-state index in [1.165, 1.54) is 12.3 Å². The van der Waals surface area contributed by atoms with Crippen LogP contribution in [0.3, 0.4) is 0 Å². The van der Waals surface area contributed by atoms with Crippen molar-refractivity contribution in [3.8, 4) is 0 Å². The average molecular weight is 214 g/mol. The summed E-state index contributed by atoms with van der Waals surface area (Å²) in [5, 5.41) is 13.7. The standard InChI is InChI=1S/C8H10N2O3S/c11-4-3-9-8(14)10-7(12)6-2-1-5-13-6/h1-2,5,11H,3-4H2,(H2,9,10,12,14). The minimum absolute atomic E-state index is 0.0449. The number of rotatable bonds is 3. The van der Waals surface area contributed by atoms with Crippen LogP contribution < -0.4 is 10.6 Å². The average Bonchev–Trinajstić information content (AvgIpc) is 2.67. The summed E-state index contributed by atoms with van der Waals surface area (Å²) >= 11 is 4.77. The lowest BCUT2D eigenvalue weighted by Crippen LogP contribution is -2.40. The van der Waals surface area contributed by atoms with E-state index >= 15 is 0 Å².